The van der Waals surface area contributed by atoms with Crippen molar-refractivity contribution >= 4 is 35.5 Å². The molecular weight excluding hydrogens is 574 g/mol. The normalized spacial score (nSPS) is 11.2. The minimum Gasteiger partial charge on any atom is -0.481 e. The molecule has 0 amide bonds. The smallest absolute Gasteiger partial charge is 0.304 e. The van der Waals surface area contributed by atoms with E-state index in [1.54, 1.807) is 6.07 Å². The number of Topliss-reactive ketones (excluding diaryl/α,β-unsaturated/α-hetero) is 1. The number of fused-ring (bicyclic) bond motifs is 1. The average molecular weight is 626 g/mol. The summed E-state index contributed by atoms with van der Waals surface area (Å²) in [4.78, 5) is 39.9. The van der Waals surface area contributed by atoms with Gasteiger partial charge in [-0.15, -0.1) is 12.4 Å². The molecular formula is C36H52ClN3O4. The number of nitrogens with one attached hydrogen (secondary N) is 1. The van der Waals surface area contributed by atoms with Crippen LogP contribution in [0.25, 0.3) is 5.52 Å². The summed E-state index contributed by atoms with van der Waals surface area (Å²) in [7, 11) is 0. The Morgan fingerprint density at radius 2 is 1.41 bits per heavy atom. The zero-order chi connectivity index (χ0) is 31.0. The van der Waals surface area contributed by atoms with Crippen molar-refractivity contribution in [2.75, 3.05) is 32.7 Å². The lowest BCUT2D eigenvalue weighted by molar-refractivity contribution is -0.136. The lowest BCUT2D eigenvalue weighted by Crippen LogP contribution is -2.27. The predicted octanol–water partition coefficient (Wildman–Crippen LogP) is 7.41. The fourth-order valence-electron chi connectivity index (χ4n) is 5.45. The molecule has 0 bridgehead atoms. The summed E-state index contributed by atoms with van der Waals surface area (Å²) in [6, 6.07) is 13.8. The predicted molar refractivity (Wildman–Crippen MR) is 182 cm³/mol. The van der Waals surface area contributed by atoms with E-state index < -0.39 is 5.97 Å². The van der Waals surface area contributed by atoms with E-state index in [1.807, 2.05) is 34.9 Å². The van der Waals surface area contributed by atoms with Gasteiger partial charge in [-0.05, 0) is 87.5 Å². The van der Waals surface area contributed by atoms with E-state index in [0.717, 1.165) is 49.7 Å². The van der Waals surface area contributed by atoms with Crippen LogP contribution >= 0.6 is 12.4 Å². The third-order valence-electron chi connectivity index (χ3n) is 8.04. The highest BCUT2D eigenvalue weighted by molar-refractivity contribution is 6.10. The van der Waals surface area contributed by atoms with Gasteiger partial charge in [0, 0.05) is 42.4 Å². The number of carbonyl (C=O) groups excluding carboxylic acids is 2. The van der Waals surface area contributed by atoms with E-state index in [1.165, 1.54) is 44.3 Å². The van der Waals surface area contributed by atoms with Gasteiger partial charge in [-0.1, -0.05) is 64.3 Å². The van der Waals surface area contributed by atoms with Gasteiger partial charge in [0.25, 0.3) is 0 Å². The summed E-state index contributed by atoms with van der Waals surface area (Å²) >= 11 is 0. The first kappa shape index (κ1) is 37.2. The molecule has 0 atom stereocenters. The quantitative estimate of drug-likeness (QED) is 0.0893. The number of nitrogens with zero attached hydrogens (tertiary/aromatic N) is 2. The standard InChI is InChI=1S/C36H51N3O4.ClH/c1-4-7-12-31-27-32-26-30(33(40)17-20-37-21-18-34(41)42)19-25-39(32)35(31)36(43)29-15-13-28(14-16-29)11-10-24-38(22-8-5-2)23-9-6-3;/h13-16,19,25-27,37H,4-12,17-18,20-24H2,1-3H3,(H,41,42);1H. The number of aromatic nitrogens is 1. The second kappa shape index (κ2) is 20.1. The van der Waals surface area contributed by atoms with Gasteiger partial charge in [0.05, 0.1) is 12.1 Å². The molecule has 1 aromatic carbocycles. The number of unbranched alkanes of at least 4 members (excludes halogenated alkanes) is 3. The van der Waals surface area contributed by atoms with Crippen LogP contribution in [0.2, 0.25) is 0 Å². The van der Waals surface area contributed by atoms with Crippen LogP contribution in [0.3, 0.4) is 0 Å². The lowest BCUT2D eigenvalue weighted by atomic mass is 10.00. The van der Waals surface area contributed by atoms with Gasteiger partial charge in [-0.2, -0.15) is 0 Å². The molecule has 242 valence electrons. The van der Waals surface area contributed by atoms with E-state index in [4.69, 9.17) is 5.11 Å². The van der Waals surface area contributed by atoms with Crippen LogP contribution in [-0.4, -0.2) is 64.7 Å². The molecule has 7 nitrogen and oxygen atoms in total. The van der Waals surface area contributed by atoms with Gasteiger partial charge >= 0.3 is 5.97 Å². The summed E-state index contributed by atoms with van der Waals surface area (Å²) in [5.41, 5.74) is 5.06. The monoisotopic (exact) mass is 625 g/mol. The number of hydrogen-bond acceptors (Lipinski definition) is 5. The summed E-state index contributed by atoms with van der Waals surface area (Å²) in [6.07, 6.45) is 12.0. The lowest BCUT2D eigenvalue weighted by Gasteiger charge is -2.21. The fraction of sp³-hybridized carbons (Fsp3) is 0.528. The number of pyridine rings is 1. The second-order valence-corrected chi connectivity index (χ2v) is 11.6. The zero-order valence-corrected chi connectivity index (χ0v) is 27.7. The molecule has 3 rings (SSSR count). The van der Waals surface area contributed by atoms with Gasteiger partial charge in [0.1, 0.15) is 0 Å². The molecule has 0 radical (unpaired) electrons. The Balaban J connectivity index is 0.00000675. The minimum absolute atomic E-state index is 0. The van der Waals surface area contributed by atoms with Gasteiger partial charge in [0.2, 0.25) is 5.78 Å². The van der Waals surface area contributed by atoms with Crippen molar-refractivity contribution in [2.45, 2.75) is 91.4 Å². The Labute approximate surface area is 269 Å². The van der Waals surface area contributed by atoms with E-state index >= 15 is 0 Å². The topological polar surface area (TPSA) is 91.1 Å². The van der Waals surface area contributed by atoms with E-state index in [9.17, 15) is 14.4 Å². The largest absolute Gasteiger partial charge is 0.481 e. The van der Waals surface area contributed by atoms with Gasteiger partial charge in [-0.3, -0.25) is 14.4 Å². The van der Waals surface area contributed by atoms with E-state index in [-0.39, 0.29) is 36.8 Å². The van der Waals surface area contributed by atoms with Gasteiger partial charge < -0.3 is 19.7 Å². The zero-order valence-electron chi connectivity index (χ0n) is 26.9. The molecule has 44 heavy (non-hydrogen) atoms. The second-order valence-electron chi connectivity index (χ2n) is 11.6. The van der Waals surface area contributed by atoms with Crippen LogP contribution in [0.4, 0.5) is 0 Å². The molecule has 0 aliphatic rings. The van der Waals surface area contributed by atoms with Crippen LogP contribution in [0, 0.1) is 0 Å². The first-order chi connectivity index (χ1) is 20.9. The Kier molecular flexibility index (Phi) is 17.0. The Hall–Kier alpha value is -3.00. The first-order valence-electron chi connectivity index (χ1n) is 16.3. The molecule has 0 unspecified atom stereocenters. The molecule has 0 saturated heterocycles. The van der Waals surface area contributed by atoms with E-state index in [0.29, 0.717) is 29.9 Å². The molecule has 0 fully saturated rings. The highest BCUT2D eigenvalue weighted by Crippen LogP contribution is 2.24. The Morgan fingerprint density at radius 1 is 0.773 bits per heavy atom. The minimum atomic E-state index is -0.861. The van der Waals surface area contributed by atoms with Gasteiger partial charge in [0.15, 0.2) is 5.78 Å². The van der Waals surface area contributed by atoms with Crippen molar-refractivity contribution in [2.24, 2.45) is 0 Å². The summed E-state index contributed by atoms with van der Waals surface area (Å²) in [6.45, 7) is 10.9. The number of carboxylic acid groups (broad SMARTS) is 1. The summed E-state index contributed by atoms with van der Waals surface area (Å²) in [5, 5.41) is 11.8. The van der Waals surface area contributed by atoms with Crippen LogP contribution in [0.1, 0.15) is 116 Å². The third kappa shape index (κ3) is 11.5. The Bertz CT molecular complexity index is 1310. The highest BCUT2D eigenvalue weighted by atomic mass is 35.5. The molecule has 0 saturated carbocycles. The van der Waals surface area contributed by atoms with E-state index in [2.05, 4.69) is 43.1 Å². The number of halogens is 1. The maximum atomic E-state index is 13.8. The van der Waals surface area contributed by atoms with Gasteiger partial charge in [-0.25, -0.2) is 0 Å². The molecule has 2 aromatic heterocycles. The number of aryl methyl sites for hydroxylation is 2. The number of carbonyl (C=O) groups is 3. The third-order valence-corrected chi connectivity index (χ3v) is 8.04. The molecule has 3 aromatic rings. The fourth-order valence-corrected chi connectivity index (χ4v) is 5.45. The maximum Gasteiger partial charge on any atom is 0.304 e. The average Bonchev–Trinajstić information content (AvgIpc) is 3.38. The molecule has 2 heterocycles. The van der Waals surface area contributed by atoms with Crippen molar-refractivity contribution in [3.8, 4) is 0 Å². The summed E-state index contributed by atoms with van der Waals surface area (Å²) < 4.78 is 1.92. The first-order valence-corrected chi connectivity index (χ1v) is 16.3. The molecule has 2 N–H and O–H groups in total. The maximum absolute atomic E-state index is 13.8. The molecule has 0 aliphatic heterocycles. The highest BCUT2D eigenvalue weighted by Gasteiger charge is 2.20. The molecule has 8 heteroatoms. The van der Waals surface area contributed by atoms with Crippen LogP contribution in [0.5, 0.6) is 0 Å². The van der Waals surface area contributed by atoms with Crippen LogP contribution in [0.15, 0.2) is 48.7 Å². The SMILES string of the molecule is CCCCc1cc2cc(C(=O)CCNCCC(=O)O)ccn2c1C(=O)c1ccc(CCCN(CCCC)CCCC)cc1.Cl. The van der Waals surface area contributed by atoms with Crippen molar-refractivity contribution in [3.05, 3.63) is 76.6 Å². The van der Waals surface area contributed by atoms with Crippen LogP contribution < -0.4 is 5.32 Å². The van der Waals surface area contributed by atoms with Crippen molar-refractivity contribution < 1.29 is 19.5 Å². The van der Waals surface area contributed by atoms with Crippen molar-refractivity contribution in [1.29, 1.82) is 0 Å². The number of carboxylic acids is 1. The molecule has 0 spiro atoms. The van der Waals surface area contributed by atoms with Crippen molar-refractivity contribution in [1.82, 2.24) is 14.6 Å². The number of ketones is 2. The number of hydrogen-bond donors (Lipinski definition) is 2. The number of rotatable bonds is 22. The van der Waals surface area contributed by atoms with Crippen molar-refractivity contribution in [3.63, 3.8) is 0 Å². The summed E-state index contributed by atoms with van der Waals surface area (Å²) in [5.74, 6) is -0.867. The Morgan fingerprint density at radius 3 is 2.05 bits per heavy atom. The number of benzene rings is 1. The molecule has 0 aliphatic carbocycles. The number of aliphatic carboxylic acids is 1. The van der Waals surface area contributed by atoms with Crippen LogP contribution in [-0.2, 0) is 17.6 Å².